The summed E-state index contributed by atoms with van der Waals surface area (Å²) in [5.41, 5.74) is 0.545. The zero-order chi connectivity index (χ0) is 14.6. The highest BCUT2D eigenvalue weighted by Crippen LogP contribution is 2.24. The standard InChI is InChI=1S/C15H21BrN2O2/c1-3-15(2,18-4-6-20-7-5-18)14(19)9-12-8-13(16)11-17-10-12/h8,10-11H,3-7,9H2,1-2H3. The van der Waals surface area contributed by atoms with E-state index in [-0.39, 0.29) is 5.78 Å². The van der Waals surface area contributed by atoms with Crippen molar-refractivity contribution in [2.24, 2.45) is 0 Å². The van der Waals surface area contributed by atoms with Gasteiger partial charge in [-0.15, -0.1) is 0 Å². The second-order valence-electron chi connectivity index (χ2n) is 5.34. The zero-order valence-electron chi connectivity index (χ0n) is 12.1. The number of rotatable bonds is 5. The lowest BCUT2D eigenvalue weighted by Gasteiger charge is -2.41. The van der Waals surface area contributed by atoms with Crippen molar-refractivity contribution in [2.75, 3.05) is 26.3 Å². The van der Waals surface area contributed by atoms with E-state index in [0.717, 1.165) is 29.5 Å². The first-order chi connectivity index (χ1) is 9.56. The Labute approximate surface area is 128 Å². The van der Waals surface area contributed by atoms with Gasteiger partial charge in [0, 0.05) is 36.4 Å². The number of ketones is 1. The maximum atomic E-state index is 12.8. The average molecular weight is 341 g/mol. The molecule has 1 aromatic heterocycles. The predicted molar refractivity (Wildman–Crippen MR) is 81.7 cm³/mol. The van der Waals surface area contributed by atoms with Gasteiger partial charge < -0.3 is 4.74 Å². The molecule has 1 saturated heterocycles. The number of nitrogens with zero attached hydrogens (tertiary/aromatic N) is 2. The molecule has 1 aliphatic heterocycles. The number of ether oxygens (including phenoxy) is 1. The molecule has 1 atom stereocenters. The van der Waals surface area contributed by atoms with Crippen molar-refractivity contribution in [3.63, 3.8) is 0 Å². The number of aromatic nitrogens is 1. The van der Waals surface area contributed by atoms with E-state index >= 15 is 0 Å². The Morgan fingerprint density at radius 3 is 2.75 bits per heavy atom. The van der Waals surface area contributed by atoms with Gasteiger partial charge in [0.15, 0.2) is 5.78 Å². The Bertz CT molecular complexity index is 475. The van der Waals surface area contributed by atoms with Gasteiger partial charge in [0.25, 0.3) is 0 Å². The Morgan fingerprint density at radius 2 is 2.15 bits per heavy atom. The summed E-state index contributed by atoms with van der Waals surface area (Å²) in [7, 11) is 0. The number of hydrogen-bond acceptors (Lipinski definition) is 4. The number of carbonyl (C=O) groups is 1. The third-order valence-corrected chi connectivity index (χ3v) is 4.56. The molecule has 0 radical (unpaired) electrons. The summed E-state index contributed by atoms with van der Waals surface area (Å²) >= 11 is 3.40. The van der Waals surface area contributed by atoms with Crippen molar-refractivity contribution in [1.29, 1.82) is 0 Å². The van der Waals surface area contributed by atoms with E-state index in [2.05, 4.69) is 32.7 Å². The summed E-state index contributed by atoms with van der Waals surface area (Å²) in [6.07, 6.45) is 4.73. The van der Waals surface area contributed by atoms with E-state index in [1.165, 1.54) is 0 Å². The molecule has 0 saturated carbocycles. The van der Waals surface area contributed by atoms with E-state index in [1.807, 2.05) is 13.0 Å². The average Bonchev–Trinajstić information content (AvgIpc) is 2.47. The smallest absolute Gasteiger partial charge is 0.157 e. The predicted octanol–water partition coefficient (Wildman–Crippen LogP) is 2.46. The number of halogens is 1. The molecule has 2 rings (SSSR count). The maximum Gasteiger partial charge on any atom is 0.157 e. The lowest BCUT2D eigenvalue weighted by molar-refractivity contribution is -0.133. The molecule has 1 aromatic rings. The highest BCUT2D eigenvalue weighted by Gasteiger charge is 2.37. The first-order valence-electron chi connectivity index (χ1n) is 7.02. The fourth-order valence-electron chi connectivity index (χ4n) is 2.58. The Balaban J connectivity index is 2.11. The molecule has 110 valence electrons. The molecular weight excluding hydrogens is 320 g/mol. The molecule has 0 aromatic carbocycles. The topological polar surface area (TPSA) is 42.4 Å². The number of pyridine rings is 1. The molecule has 5 heteroatoms. The number of hydrogen-bond donors (Lipinski definition) is 0. The Kier molecular flexibility index (Phi) is 5.29. The Hall–Kier alpha value is -0.780. The monoisotopic (exact) mass is 340 g/mol. The molecule has 1 aliphatic rings. The van der Waals surface area contributed by atoms with E-state index in [9.17, 15) is 4.79 Å². The third kappa shape index (κ3) is 3.45. The summed E-state index contributed by atoms with van der Waals surface area (Å²) in [4.78, 5) is 19.1. The van der Waals surface area contributed by atoms with Gasteiger partial charge in [-0.05, 0) is 40.9 Å². The SMILES string of the molecule is CCC(C)(C(=O)Cc1cncc(Br)c1)N1CCOCC1. The molecule has 4 nitrogen and oxygen atoms in total. The van der Waals surface area contributed by atoms with Gasteiger partial charge in [0.2, 0.25) is 0 Å². The summed E-state index contributed by atoms with van der Waals surface area (Å²) in [5.74, 6) is 0.252. The van der Waals surface area contributed by atoms with Crippen LogP contribution in [0, 0.1) is 0 Å². The first-order valence-corrected chi connectivity index (χ1v) is 7.81. The van der Waals surface area contributed by atoms with Crippen LogP contribution in [0.15, 0.2) is 22.9 Å². The summed E-state index contributed by atoms with van der Waals surface area (Å²) in [5, 5.41) is 0. The van der Waals surface area contributed by atoms with E-state index in [4.69, 9.17) is 4.74 Å². The van der Waals surface area contributed by atoms with Crippen LogP contribution in [0.5, 0.6) is 0 Å². The second kappa shape index (κ2) is 6.78. The highest BCUT2D eigenvalue weighted by atomic mass is 79.9. The minimum Gasteiger partial charge on any atom is -0.379 e. The second-order valence-corrected chi connectivity index (χ2v) is 6.25. The third-order valence-electron chi connectivity index (χ3n) is 4.12. The quantitative estimate of drug-likeness (QED) is 0.825. The summed E-state index contributed by atoms with van der Waals surface area (Å²) < 4.78 is 6.29. The maximum absolute atomic E-state index is 12.8. The normalized spacial score (nSPS) is 19.6. The lowest BCUT2D eigenvalue weighted by atomic mass is 9.87. The molecule has 1 unspecified atom stereocenters. The summed E-state index contributed by atoms with van der Waals surface area (Å²) in [6, 6.07) is 1.96. The van der Waals surface area contributed by atoms with Crippen molar-refractivity contribution >= 4 is 21.7 Å². The molecular formula is C15H21BrN2O2. The van der Waals surface area contributed by atoms with Crippen LogP contribution in [0.4, 0.5) is 0 Å². The van der Waals surface area contributed by atoms with Crippen molar-refractivity contribution in [3.05, 3.63) is 28.5 Å². The van der Waals surface area contributed by atoms with Gasteiger partial charge in [-0.25, -0.2) is 0 Å². The number of carbonyl (C=O) groups excluding carboxylic acids is 1. The van der Waals surface area contributed by atoms with Gasteiger partial charge in [0.1, 0.15) is 0 Å². The highest BCUT2D eigenvalue weighted by molar-refractivity contribution is 9.10. The van der Waals surface area contributed by atoms with Gasteiger partial charge in [0.05, 0.1) is 18.8 Å². The van der Waals surface area contributed by atoms with E-state index in [1.54, 1.807) is 12.4 Å². The van der Waals surface area contributed by atoms with Crippen LogP contribution in [-0.2, 0) is 16.0 Å². The van der Waals surface area contributed by atoms with Crippen LogP contribution in [0.25, 0.3) is 0 Å². The van der Waals surface area contributed by atoms with Gasteiger partial charge in [-0.2, -0.15) is 0 Å². The van der Waals surface area contributed by atoms with Crippen LogP contribution in [0.2, 0.25) is 0 Å². The van der Waals surface area contributed by atoms with Crippen LogP contribution in [0.1, 0.15) is 25.8 Å². The molecule has 0 N–H and O–H groups in total. The molecule has 20 heavy (non-hydrogen) atoms. The van der Waals surface area contributed by atoms with Gasteiger partial charge in [-0.1, -0.05) is 6.92 Å². The van der Waals surface area contributed by atoms with Crippen LogP contribution < -0.4 is 0 Å². The molecule has 2 heterocycles. The van der Waals surface area contributed by atoms with Gasteiger partial charge in [-0.3, -0.25) is 14.7 Å². The van der Waals surface area contributed by atoms with Crippen LogP contribution >= 0.6 is 15.9 Å². The lowest BCUT2D eigenvalue weighted by Crippen LogP contribution is -2.56. The van der Waals surface area contributed by atoms with Crippen LogP contribution in [-0.4, -0.2) is 47.5 Å². The minimum atomic E-state index is -0.411. The van der Waals surface area contributed by atoms with Gasteiger partial charge >= 0.3 is 0 Å². The number of Topliss-reactive ketones (excluding diaryl/α,β-unsaturated/α-hetero) is 1. The zero-order valence-corrected chi connectivity index (χ0v) is 13.6. The minimum absolute atomic E-state index is 0.252. The molecule has 0 spiro atoms. The summed E-state index contributed by atoms with van der Waals surface area (Å²) in [6.45, 7) is 7.20. The molecule has 0 bridgehead atoms. The van der Waals surface area contributed by atoms with Crippen molar-refractivity contribution in [3.8, 4) is 0 Å². The Morgan fingerprint density at radius 1 is 1.45 bits per heavy atom. The largest absolute Gasteiger partial charge is 0.379 e. The fourth-order valence-corrected chi connectivity index (χ4v) is 2.99. The fraction of sp³-hybridized carbons (Fsp3) is 0.600. The van der Waals surface area contributed by atoms with E-state index in [0.29, 0.717) is 19.6 Å². The van der Waals surface area contributed by atoms with Crippen molar-refractivity contribution < 1.29 is 9.53 Å². The van der Waals surface area contributed by atoms with Crippen LogP contribution in [0.3, 0.4) is 0 Å². The first kappa shape index (κ1) is 15.6. The van der Waals surface area contributed by atoms with Crippen molar-refractivity contribution in [2.45, 2.75) is 32.2 Å². The molecule has 1 fully saturated rings. The number of morpholine rings is 1. The molecule has 0 aliphatic carbocycles. The van der Waals surface area contributed by atoms with Crippen molar-refractivity contribution in [1.82, 2.24) is 9.88 Å². The molecule has 0 amide bonds. The van der Waals surface area contributed by atoms with E-state index < -0.39 is 5.54 Å².